The Morgan fingerprint density at radius 3 is 2.43 bits per heavy atom. The number of alkyl halides is 3. The normalized spacial score (nSPS) is 19.1. The van der Waals surface area contributed by atoms with Gasteiger partial charge in [-0.15, -0.1) is 0 Å². The minimum atomic E-state index is -4.71. The van der Waals surface area contributed by atoms with E-state index in [1.807, 2.05) is 0 Å². The van der Waals surface area contributed by atoms with E-state index in [1.165, 1.54) is 13.0 Å². The number of urea groups is 1. The fraction of sp³-hybridized carbons (Fsp3) is 0.211. The monoisotopic (exact) mass is 459 g/mol. The van der Waals surface area contributed by atoms with Gasteiger partial charge in [0.2, 0.25) is 5.91 Å². The highest BCUT2D eigenvalue weighted by Gasteiger charge is 2.50. The number of halogens is 5. The van der Waals surface area contributed by atoms with Crippen LogP contribution in [0.3, 0.4) is 0 Å². The van der Waals surface area contributed by atoms with Gasteiger partial charge in [0, 0.05) is 16.3 Å². The smallest absolute Gasteiger partial charge is 0.325 e. The number of hydrogen-bond donors (Lipinski definition) is 2. The van der Waals surface area contributed by atoms with Crippen LogP contribution in [0.1, 0.15) is 18.1 Å². The first-order valence-electron chi connectivity index (χ1n) is 8.49. The first-order valence-corrected chi connectivity index (χ1v) is 9.25. The van der Waals surface area contributed by atoms with Crippen LogP contribution in [0.15, 0.2) is 42.5 Å². The van der Waals surface area contributed by atoms with Crippen LogP contribution in [-0.2, 0) is 21.3 Å². The molecule has 158 valence electrons. The van der Waals surface area contributed by atoms with Crippen LogP contribution in [0.2, 0.25) is 10.0 Å². The van der Waals surface area contributed by atoms with E-state index >= 15 is 0 Å². The van der Waals surface area contributed by atoms with Crippen molar-refractivity contribution in [3.8, 4) is 0 Å². The van der Waals surface area contributed by atoms with Crippen LogP contribution in [0.5, 0.6) is 0 Å². The van der Waals surface area contributed by atoms with E-state index in [4.69, 9.17) is 23.2 Å². The molecule has 0 aromatic heterocycles. The maximum atomic E-state index is 13.0. The largest absolute Gasteiger partial charge is 0.417 e. The van der Waals surface area contributed by atoms with Gasteiger partial charge in [-0.05, 0) is 31.2 Å². The van der Waals surface area contributed by atoms with E-state index in [2.05, 4.69) is 10.6 Å². The molecule has 1 aliphatic rings. The number of carbonyl (C=O) groups excluding carboxylic acids is 3. The van der Waals surface area contributed by atoms with Gasteiger partial charge in [0.1, 0.15) is 12.1 Å². The third-order valence-electron chi connectivity index (χ3n) is 4.54. The topological polar surface area (TPSA) is 78.5 Å². The van der Waals surface area contributed by atoms with E-state index in [-0.39, 0.29) is 10.7 Å². The molecule has 1 fully saturated rings. The fourth-order valence-electron chi connectivity index (χ4n) is 3.05. The second-order valence-electron chi connectivity index (χ2n) is 6.67. The molecule has 3 rings (SSSR count). The van der Waals surface area contributed by atoms with Crippen molar-refractivity contribution >= 4 is 46.7 Å². The van der Waals surface area contributed by atoms with Gasteiger partial charge in [-0.2, -0.15) is 13.2 Å². The Balaban J connectivity index is 1.77. The predicted molar refractivity (Wildman–Crippen MR) is 104 cm³/mol. The standard InChI is InChI=1S/C19H14Cl2F3N3O3/c1-18(11-4-2-3-5-13(11)20)16(29)27(17(30)26-18)9-15(28)25-10-6-7-14(21)12(8-10)19(22,23)24/h2-8H,9H2,1H3,(H,25,28)(H,26,30)/t18-/m0/s1. The highest BCUT2D eigenvalue weighted by Crippen LogP contribution is 2.36. The minimum Gasteiger partial charge on any atom is -0.325 e. The SMILES string of the molecule is C[C@@]1(c2ccccc2Cl)NC(=O)N(CC(=O)Nc2ccc(Cl)c(C(F)(F)F)c2)C1=O. The van der Waals surface area contributed by atoms with Crippen molar-refractivity contribution in [1.82, 2.24) is 10.2 Å². The van der Waals surface area contributed by atoms with Crippen LogP contribution in [0.4, 0.5) is 23.7 Å². The molecular formula is C19H14Cl2F3N3O3. The lowest BCUT2D eigenvalue weighted by Gasteiger charge is -2.23. The van der Waals surface area contributed by atoms with E-state index in [0.717, 1.165) is 6.07 Å². The summed E-state index contributed by atoms with van der Waals surface area (Å²) in [5, 5.41) is 4.46. The number of rotatable bonds is 4. The highest BCUT2D eigenvalue weighted by molar-refractivity contribution is 6.32. The fourth-order valence-corrected chi connectivity index (χ4v) is 3.60. The van der Waals surface area contributed by atoms with Crippen LogP contribution in [0, 0.1) is 0 Å². The number of imide groups is 1. The van der Waals surface area contributed by atoms with Gasteiger partial charge in [0.05, 0.1) is 10.6 Å². The summed E-state index contributed by atoms with van der Waals surface area (Å²) in [4.78, 5) is 38.1. The third kappa shape index (κ3) is 4.08. The molecule has 2 N–H and O–H groups in total. The molecule has 4 amide bonds. The summed E-state index contributed by atoms with van der Waals surface area (Å²) in [6.07, 6.45) is -4.71. The maximum absolute atomic E-state index is 13.0. The molecule has 2 aromatic carbocycles. The number of amides is 4. The van der Waals surface area contributed by atoms with Crippen LogP contribution in [0.25, 0.3) is 0 Å². The van der Waals surface area contributed by atoms with Crippen molar-refractivity contribution in [1.29, 1.82) is 0 Å². The van der Waals surface area contributed by atoms with Crippen LogP contribution in [-0.4, -0.2) is 29.3 Å². The third-order valence-corrected chi connectivity index (χ3v) is 5.20. The second-order valence-corrected chi connectivity index (χ2v) is 7.48. The van der Waals surface area contributed by atoms with Crippen LogP contribution < -0.4 is 10.6 Å². The van der Waals surface area contributed by atoms with E-state index in [9.17, 15) is 27.6 Å². The summed E-state index contributed by atoms with van der Waals surface area (Å²) >= 11 is 11.7. The average molecular weight is 460 g/mol. The molecule has 11 heteroatoms. The van der Waals surface area contributed by atoms with Gasteiger partial charge in [-0.1, -0.05) is 41.4 Å². The molecule has 1 atom stereocenters. The quantitative estimate of drug-likeness (QED) is 0.664. The van der Waals surface area contributed by atoms with E-state index in [0.29, 0.717) is 16.5 Å². The van der Waals surface area contributed by atoms with Gasteiger partial charge in [0.25, 0.3) is 5.91 Å². The Labute approximate surface area is 178 Å². The second kappa shape index (κ2) is 7.81. The average Bonchev–Trinajstić information content (AvgIpc) is 2.86. The number of hydrogen-bond acceptors (Lipinski definition) is 3. The molecule has 30 heavy (non-hydrogen) atoms. The molecule has 0 aliphatic carbocycles. The Morgan fingerprint density at radius 2 is 1.80 bits per heavy atom. The van der Waals surface area contributed by atoms with Crippen molar-refractivity contribution in [2.24, 2.45) is 0 Å². The summed E-state index contributed by atoms with van der Waals surface area (Å²) in [5.74, 6) is -1.58. The zero-order chi connectivity index (χ0) is 22.3. The van der Waals surface area contributed by atoms with Gasteiger partial charge >= 0.3 is 12.2 Å². The lowest BCUT2D eigenvalue weighted by molar-refractivity contribution is -0.137. The Hall–Kier alpha value is -2.78. The van der Waals surface area contributed by atoms with Crippen molar-refractivity contribution in [3.05, 3.63) is 63.6 Å². The molecule has 0 saturated carbocycles. The van der Waals surface area contributed by atoms with Gasteiger partial charge in [-0.3, -0.25) is 14.5 Å². The molecule has 6 nitrogen and oxygen atoms in total. The molecular weight excluding hydrogens is 446 g/mol. The van der Waals surface area contributed by atoms with E-state index in [1.54, 1.807) is 24.3 Å². The first kappa shape index (κ1) is 21.9. The van der Waals surface area contributed by atoms with Crippen molar-refractivity contribution in [3.63, 3.8) is 0 Å². The predicted octanol–water partition coefficient (Wildman–Crippen LogP) is 4.42. The zero-order valence-electron chi connectivity index (χ0n) is 15.3. The molecule has 2 aromatic rings. The molecule has 1 heterocycles. The highest BCUT2D eigenvalue weighted by atomic mass is 35.5. The Bertz CT molecular complexity index is 1050. The van der Waals surface area contributed by atoms with Gasteiger partial charge in [-0.25, -0.2) is 4.79 Å². The van der Waals surface area contributed by atoms with Crippen molar-refractivity contribution in [2.75, 3.05) is 11.9 Å². The number of nitrogens with one attached hydrogen (secondary N) is 2. The molecule has 0 unspecified atom stereocenters. The number of benzene rings is 2. The summed E-state index contributed by atoms with van der Waals surface area (Å²) in [6, 6.07) is 8.41. The molecule has 1 saturated heterocycles. The number of carbonyl (C=O) groups is 3. The zero-order valence-corrected chi connectivity index (χ0v) is 16.8. The summed E-state index contributed by atoms with van der Waals surface area (Å²) < 4.78 is 38.9. The number of nitrogens with zero attached hydrogens (tertiary/aromatic N) is 1. The Morgan fingerprint density at radius 1 is 1.13 bits per heavy atom. The lowest BCUT2D eigenvalue weighted by atomic mass is 9.92. The van der Waals surface area contributed by atoms with Crippen molar-refractivity contribution < 1.29 is 27.6 Å². The molecule has 0 radical (unpaired) electrons. The van der Waals surface area contributed by atoms with Crippen LogP contribution >= 0.6 is 23.2 Å². The first-order chi connectivity index (χ1) is 13.9. The van der Waals surface area contributed by atoms with E-state index < -0.39 is 46.7 Å². The lowest BCUT2D eigenvalue weighted by Crippen LogP contribution is -2.42. The van der Waals surface area contributed by atoms with Gasteiger partial charge in [0.15, 0.2) is 0 Å². The summed E-state index contributed by atoms with van der Waals surface area (Å²) in [5.41, 5.74) is -2.44. The molecule has 1 aliphatic heterocycles. The summed E-state index contributed by atoms with van der Waals surface area (Å²) in [7, 11) is 0. The number of anilines is 1. The molecule has 0 spiro atoms. The van der Waals surface area contributed by atoms with Gasteiger partial charge < -0.3 is 10.6 Å². The van der Waals surface area contributed by atoms with Crippen molar-refractivity contribution in [2.45, 2.75) is 18.6 Å². The Kier molecular flexibility index (Phi) is 5.70. The maximum Gasteiger partial charge on any atom is 0.417 e. The molecule has 0 bridgehead atoms. The summed E-state index contributed by atoms with van der Waals surface area (Å²) in [6.45, 7) is 0.746. The minimum absolute atomic E-state index is 0.183.